The van der Waals surface area contributed by atoms with Crippen LogP contribution in [0.25, 0.3) is 0 Å². The van der Waals surface area contributed by atoms with Gasteiger partial charge in [-0.25, -0.2) is 0 Å². The van der Waals surface area contributed by atoms with Crippen molar-refractivity contribution in [3.63, 3.8) is 0 Å². The summed E-state index contributed by atoms with van der Waals surface area (Å²) < 4.78 is 2.95. The van der Waals surface area contributed by atoms with Crippen LogP contribution in [-0.2, 0) is 13.5 Å². The lowest BCUT2D eigenvalue weighted by atomic mass is 10.0. The monoisotopic (exact) mass is 322 g/mol. The topological polar surface area (TPSA) is 42.7 Å². The number of hydrogen-bond donors (Lipinski definition) is 1. The lowest BCUT2D eigenvalue weighted by Crippen LogP contribution is -2.22. The first-order valence-electron chi connectivity index (χ1n) is 6.51. The Morgan fingerprint density at radius 3 is 2.89 bits per heavy atom. The molecule has 2 rings (SSSR count). The number of aryl methyl sites for hydroxylation is 2. The fourth-order valence-electron chi connectivity index (χ4n) is 2.19. The lowest BCUT2D eigenvalue weighted by molar-refractivity contribution is 0.504. The van der Waals surface area contributed by atoms with Crippen molar-refractivity contribution in [3.05, 3.63) is 46.5 Å². The molecule has 1 N–H and O–H groups in total. The smallest absolute Gasteiger partial charge is 0.0492 e. The van der Waals surface area contributed by atoms with Gasteiger partial charge in [-0.15, -0.1) is 0 Å². The second-order valence-electron chi connectivity index (χ2n) is 4.53. The standard InChI is InChI=1S/C14H19BrN4/c1-3-17-14(11-8-12(15)10-16-9-11)5-4-13-6-7-18-19(13)2/h6-10,14,17H,3-5H2,1-2H3. The normalized spacial score (nSPS) is 12.6. The molecule has 1 atom stereocenters. The molecule has 0 bridgehead atoms. The highest BCUT2D eigenvalue weighted by atomic mass is 79.9. The third kappa shape index (κ3) is 3.88. The predicted molar refractivity (Wildman–Crippen MR) is 79.9 cm³/mol. The lowest BCUT2D eigenvalue weighted by Gasteiger charge is -2.18. The first kappa shape index (κ1) is 14.2. The van der Waals surface area contributed by atoms with Crippen molar-refractivity contribution in [3.8, 4) is 0 Å². The maximum absolute atomic E-state index is 4.25. The molecule has 0 aliphatic rings. The number of halogens is 1. The third-order valence-corrected chi connectivity index (χ3v) is 3.62. The van der Waals surface area contributed by atoms with Crippen molar-refractivity contribution in [2.24, 2.45) is 7.05 Å². The molecule has 102 valence electrons. The van der Waals surface area contributed by atoms with Gasteiger partial charge in [-0.2, -0.15) is 5.10 Å². The molecule has 0 amide bonds. The van der Waals surface area contributed by atoms with Gasteiger partial charge in [-0.1, -0.05) is 6.92 Å². The molecule has 0 spiro atoms. The van der Waals surface area contributed by atoms with Gasteiger partial charge >= 0.3 is 0 Å². The summed E-state index contributed by atoms with van der Waals surface area (Å²) in [5, 5.41) is 7.72. The fraction of sp³-hybridized carbons (Fsp3) is 0.429. The number of aromatic nitrogens is 3. The molecular weight excluding hydrogens is 304 g/mol. The van der Waals surface area contributed by atoms with E-state index >= 15 is 0 Å². The Kier molecular flexibility index (Phi) is 5.10. The zero-order chi connectivity index (χ0) is 13.7. The van der Waals surface area contributed by atoms with Crippen LogP contribution in [0.2, 0.25) is 0 Å². The predicted octanol–water partition coefficient (Wildman–Crippen LogP) is 2.86. The summed E-state index contributed by atoms with van der Waals surface area (Å²) in [6, 6.07) is 4.52. The molecule has 2 aromatic heterocycles. The zero-order valence-corrected chi connectivity index (χ0v) is 12.9. The summed E-state index contributed by atoms with van der Waals surface area (Å²) in [6.07, 6.45) is 7.62. The van der Waals surface area contributed by atoms with E-state index < -0.39 is 0 Å². The molecule has 2 aromatic rings. The minimum Gasteiger partial charge on any atom is -0.310 e. The van der Waals surface area contributed by atoms with E-state index in [4.69, 9.17) is 0 Å². The molecule has 4 nitrogen and oxygen atoms in total. The number of hydrogen-bond acceptors (Lipinski definition) is 3. The van der Waals surface area contributed by atoms with Crippen LogP contribution in [0.3, 0.4) is 0 Å². The van der Waals surface area contributed by atoms with Crippen LogP contribution in [0, 0.1) is 0 Å². The third-order valence-electron chi connectivity index (χ3n) is 3.19. The van der Waals surface area contributed by atoms with Crippen molar-refractivity contribution in [2.75, 3.05) is 6.54 Å². The molecule has 0 fully saturated rings. The first-order valence-corrected chi connectivity index (χ1v) is 7.30. The number of nitrogens with one attached hydrogen (secondary N) is 1. The molecule has 2 heterocycles. The van der Waals surface area contributed by atoms with E-state index in [1.165, 1.54) is 11.3 Å². The fourth-order valence-corrected chi connectivity index (χ4v) is 2.57. The van der Waals surface area contributed by atoms with E-state index in [1.54, 1.807) is 0 Å². The van der Waals surface area contributed by atoms with E-state index in [1.807, 2.05) is 30.3 Å². The molecule has 1 unspecified atom stereocenters. The molecule has 0 radical (unpaired) electrons. The SMILES string of the molecule is CCNC(CCc1ccnn1C)c1cncc(Br)c1. The molecule has 0 saturated heterocycles. The van der Waals surface area contributed by atoms with Crippen LogP contribution in [-0.4, -0.2) is 21.3 Å². The summed E-state index contributed by atoms with van der Waals surface area (Å²) in [6.45, 7) is 3.07. The van der Waals surface area contributed by atoms with Gasteiger partial charge in [0, 0.05) is 41.8 Å². The average Bonchev–Trinajstić information content (AvgIpc) is 2.80. The quantitative estimate of drug-likeness (QED) is 0.889. The largest absolute Gasteiger partial charge is 0.310 e. The summed E-state index contributed by atoms with van der Waals surface area (Å²) >= 11 is 3.48. The van der Waals surface area contributed by atoms with Crippen molar-refractivity contribution in [2.45, 2.75) is 25.8 Å². The highest BCUT2D eigenvalue weighted by molar-refractivity contribution is 9.10. The Morgan fingerprint density at radius 2 is 2.26 bits per heavy atom. The summed E-state index contributed by atoms with van der Waals surface area (Å²) in [7, 11) is 1.98. The first-order chi connectivity index (χ1) is 9.20. The maximum atomic E-state index is 4.25. The van der Waals surface area contributed by atoms with Crippen molar-refractivity contribution < 1.29 is 0 Å². The van der Waals surface area contributed by atoms with E-state index in [2.05, 4.69) is 50.4 Å². The molecule has 0 aromatic carbocycles. The maximum Gasteiger partial charge on any atom is 0.0492 e. The van der Waals surface area contributed by atoms with E-state index in [0.717, 1.165) is 23.9 Å². The van der Waals surface area contributed by atoms with Gasteiger partial charge in [-0.3, -0.25) is 9.67 Å². The van der Waals surface area contributed by atoms with Crippen LogP contribution < -0.4 is 5.32 Å². The number of nitrogens with zero attached hydrogens (tertiary/aromatic N) is 3. The Bertz CT molecular complexity index is 524. The zero-order valence-electron chi connectivity index (χ0n) is 11.3. The Labute approximate surface area is 122 Å². The molecule has 5 heteroatoms. The van der Waals surface area contributed by atoms with Gasteiger partial charge in [0.2, 0.25) is 0 Å². The molecule has 0 saturated carbocycles. The van der Waals surface area contributed by atoms with Crippen LogP contribution in [0.5, 0.6) is 0 Å². The Morgan fingerprint density at radius 1 is 1.42 bits per heavy atom. The molecule has 0 aliphatic carbocycles. The summed E-state index contributed by atoms with van der Waals surface area (Å²) in [4.78, 5) is 4.25. The van der Waals surface area contributed by atoms with Crippen molar-refractivity contribution in [1.82, 2.24) is 20.1 Å². The Hall–Kier alpha value is -1.20. The van der Waals surface area contributed by atoms with Crippen molar-refractivity contribution in [1.29, 1.82) is 0 Å². The number of pyridine rings is 1. The second kappa shape index (κ2) is 6.82. The summed E-state index contributed by atoms with van der Waals surface area (Å²) in [5.74, 6) is 0. The van der Waals surface area contributed by atoms with Gasteiger partial charge in [0.15, 0.2) is 0 Å². The van der Waals surface area contributed by atoms with E-state index in [0.29, 0.717) is 6.04 Å². The van der Waals surface area contributed by atoms with E-state index in [-0.39, 0.29) is 0 Å². The highest BCUT2D eigenvalue weighted by Gasteiger charge is 2.12. The van der Waals surface area contributed by atoms with E-state index in [9.17, 15) is 0 Å². The van der Waals surface area contributed by atoms with Gasteiger partial charge in [0.1, 0.15) is 0 Å². The van der Waals surface area contributed by atoms with Crippen LogP contribution in [0.15, 0.2) is 35.2 Å². The molecular formula is C14H19BrN4. The van der Waals surface area contributed by atoms with Crippen LogP contribution in [0.1, 0.15) is 30.6 Å². The Balaban J connectivity index is 2.06. The molecule has 0 aliphatic heterocycles. The van der Waals surface area contributed by atoms with Crippen molar-refractivity contribution >= 4 is 15.9 Å². The average molecular weight is 323 g/mol. The van der Waals surface area contributed by atoms with Gasteiger partial charge in [0.25, 0.3) is 0 Å². The molecule has 19 heavy (non-hydrogen) atoms. The number of rotatable bonds is 6. The van der Waals surface area contributed by atoms with Gasteiger partial charge in [-0.05, 0) is 53.0 Å². The second-order valence-corrected chi connectivity index (χ2v) is 5.45. The minimum absolute atomic E-state index is 0.324. The van der Waals surface area contributed by atoms with Crippen LogP contribution in [0.4, 0.5) is 0 Å². The van der Waals surface area contributed by atoms with Gasteiger partial charge in [0.05, 0.1) is 0 Å². The minimum atomic E-state index is 0.324. The van der Waals surface area contributed by atoms with Crippen LogP contribution >= 0.6 is 15.9 Å². The summed E-state index contributed by atoms with van der Waals surface area (Å²) in [5.41, 5.74) is 2.48. The highest BCUT2D eigenvalue weighted by Crippen LogP contribution is 2.21. The van der Waals surface area contributed by atoms with Gasteiger partial charge < -0.3 is 5.32 Å².